The van der Waals surface area contributed by atoms with Crippen molar-refractivity contribution < 1.29 is 22.7 Å². The summed E-state index contributed by atoms with van der Waals surface area (Å²) in [5.74, 6) is 0.701. The van der Waals surface area contributed by atoms with E-state index in [1.165, 1.54) is 6.07 Å². The van der Waals surface area contributed by atoms with Crippen LogP contribution in [0.15, 0.2) is 60.7 Å². The van der Waals surface area contributed by atoms with E-state index < -0.39 is 17.8 Å². The zero-order valence-corrected chi connectivity index (χ0v) is 17.1. The highest BCUT2D eigenvalue weighted by molar-refractivity contribution is 6.03. The first-order chi connectivity index (χ1) is 14.8. The highest BCUT2D eigenvalue weighted by atomic mass is 19.4. The van der Waals surface area contributed by atoms with Crippen LogP contribution >= 0.6 is 0 Å². The van der Waals surface area contributed by atoms with Crippen LogP contribution in [0.1, 0.15) is 21.5 Å². The van der Waals surface area contributed by atoms with Crippen molar-refractivity contribution in [2.45, 2.75) is 18.8 Å². The highest BCUT2D eigenvalue weighted by Gasteiger charge is 2.32. The molecule has 1 N–H and O–H groups in total. The number of hydrogen-bond donors (Lipinski definition) is 1. The second-order valence-electron chi connectivity index (χ2n) is 7.68. The van der Waals surface area contributed by atoms with E-state index in [0.29, 0.717) is 30.8 Å². The lowest BCUT2D eigenvalue weighted by Gasteiger charge is -2.35. The third kappa shape index (κ3) is 4.73. The summed E-state index contributed by atoms with van der Waals surface area (Å²) in [5, 5.41) is 5.13. The van der Waals surface area contributed by atoms with E-state index in [9.17, 15) is 18.0 Å². The summed E-state index contributed by atoms with van der Waals surface area (Å²) in [4.78, 5) is 15.3. The number of halogens is 3. The molecule has 7 heteroatoms. The van der Waals surface area contributed by atoms with E-state index in [2.05, 4.69) is 5.32 Å². The number of ether oxygens (including phenoxy) is 1. The number of methoxy groups -OCH3 is 1. The summed E-state index contributed by atoms with van der Waals surface area (Å²) in [6.07, 6.45) is -4.39. The Morgan fingerprint density at radius 2 is 1.87 bits per heavy atom. The molecule has 3 aromatic carbocycles. The topological polar surface area (TPSA) is 41.6 Å². The van der Waals surface area contributed by atoms with Gasteiger partial charge in [0.1, 0.15) is 5.75 Å². The van der Waals surface area contributed by atoms with E-state index >= 15 is 0 Å². The molecule has 31 heavy (non-hydrogen) atoms. The van der Waals surface area contributed by atoms with Crippen LogP contribution in [-0.4, -0.2) is 43.5 Å². The molecule has 1 aliphatic heterocycles. The number of nitrogens with one attached hydrogen (secondary N) is 1. The van der Waals surface area contributed by atoms with Gasteiger partial charge in [0.05, 0.1) is 18.7 Å². The number of Topliss-reactive ketones (excluding diaryl/α,β-unsaturated/α-hetero) is 1. The van der Waals surface area contributed by atoms with Gasteiger partial charge in [0.15, 0.2) is 5.78 Å². The maximum absolute atomic E-state index is 13.3. The molecule has 0 bridgehead atoms. The number of carbonyl (C=O) groups is 1. The van der Waals surface area contributed by atoms with Crippen LogP contribution in [0, 0.1) is 0 Å². The molecule has 0 saturated carbocycles. The van der Waals surface area contributed by atoms with E-state index in [1.54, 1.807) is 19.2 Å². The highest BCUT2D eigenvalue weighted by Crippen LogP contribution is 2.30. The third-order valence-corrected chi connectivity index (χ3v) is 5.63. The Hall–Kier alpha value is -2.90. The van der Waals surface area contributed by atoms with Crippen molar-refractivity contribution in [3.8, 4) is 5.75 Å². The van der Waals surface area contributed by atoms with E-state index in [0.717, 1.165) is 28.7 Å². The van der Waals surface area contributed by atoms with Crippen molar-refractivity contribution in [1.82, 2.24) is 10.2 Å². The molecular formula is C24H23F3N2O2. The maximum atomic E-state index is 13.3. The number of carbonyl (C=O) groups excluding carboxylic acids is 1. The molecule has 0 amide bonds. The van der Waals surface area contributed by atoms with Crippen LogP contribution in [-0.2, 0) is 12.7 Å². The molecular weight excluding hydrogens is 405 g/mol. The predicted octanol–water partition coefficient (Wildman–Crippen LogP) is 4.52. The van der Waals surface area contributed by atoms with Gasteiger partial charge in [0.25, 0.3) is 0 Å². The molecule has 0 radical (unpaired) electrons. The van der Waals surface area contributed by atoms with Crippen LogP contribution < -0.4 is 10.1 Å². The number of rotatable bonds is 5. The normalized spacial score (nSPS) is 17.6. The smallest absolute Gasteiger partial charge is 0.416 e. The predicted molar refractivity (Wildman–Crippen MR) is 113 cm³/mol. The summed E-state index contributed by atoms with van der Waals surface area (Å²) in [6, 6.07) is 16.1. The monoisotopic (exact) mass is 428 g/mol. The molecule has 0 aromatic heterocycles. The fourth-order valence-electron chi connectivity index (χ4n) is 3.97. The lowest BCUT2D eigenvalue weighted by Crippen LogP contribution is -2.54. The van der Waals surface area contributed by atoms with E-state index in [4.69, 9.17) is 4.74 Å². The molecule has 1 saturated heterocycles. The minimum Gasteiger partial charge on any atom is -0.497 e. The molecule has 1 aliphatic rings. The number of nitrogens with zero attached hydrogens (tertiary/aromatic N) is 1. The first-order valence-corrected chi connectivity index (χ1v) is 10.1. The molecule has 1 atom stereocenters. The molecule has 4 nitrogen and oxygen atoms in total. The minimum atomic E-state index is -4.39. The largest absolute Gasteiger partial charge is 0.497 e. The molecule has 0 aliphatic carbocycles. The van der Waals surface area contributed by atoms with Gasteiger partial charge in [-0.2, -0.15) is 13.2 Å². The molecule has 1 unspecified atom stereocenters. The molecule has 4 rings (SSSR count). The van der Waals surface area contributed by atoms with Gasteiger partial charge in [0, 0.05) is 31.7 Å². The Balaban J connectivity index is 1.57. The van der Waals surface area contributed by atoms with Crippen LogP contribution in [0.2, 0.25) is 0 Å². The summed E-state index contributed by atoms with van der Waals surface area (Å²) < 4.78 is 44.4. The minimum absolute atomic E-state index is 0.0445. The second-order valence-corrected chi connectivity index (χ2v) is 7.68. The Bertz CT molecular complexity index is 1100. The van der Waals surface area contributed by atoms with Gasteiger partial charge < -0.3 is 10.1 Å². The van der Waals surface area contributed by atoms with Gasteiger partial charge in [-0.15, -0.1) is 0 Å². The fraction of sp³-hybridized carbons (Fsp3) is 0.292. The zero-order valence-electron chi connectivity index (χ0n) is 17.1. The Morgan fingerprint density at radius 1 is 1.10 bits per heavy atom. The number of benzene rings is 3. The van der Waals surface area contributed by atoms with Gasteiger partial charge in [0.2, 0.25) is 0 Å². The summed E-state index contributed by atoms with van der Waals surface area (Å²) in [5.41, 5.74) is 0.452. The molecule has 3 aromatic rings. The Kier molecular flexibility index (Phi) is 5.98. The first kappa shape index (κ1) is 21.3. The molecule has 162 valence electrons. The van der Waals surface area contributed by atoms with Crippen LogP contribution in [0.25, 0.3) is 10.8 Å². The summed E-state index contributed by atoms with van der Waals surface area (Å²) in [6.45, 7) is 2.00. The fourth-order valence-corrected chi connectivity index (χ4v) is 3.97. The Labute approximate surface area is 178 Å². The van der Waals surface area contributed by atoms with Gasteiger partial charge >= 0.3 is 6.18 Å². The van der Waals surface area contributed by atoms with Crippen molar-refractivity contribution in [1.29, 1.82) is 0 Å². The average molecular weight is 428 g/mol. The van der Waals surface area contributed by atoms with Crippen molar-refractivity contribution in [3.63, 3.8) is 0 Å². The number of alkyl halides is 3. The van der Waals surface area contributed by atoms with Gasteiger partial charge in [-0.3, -0.25) is 9.69 Å². The van der Waals surface area contributed by atoms with Crippen LogP contribution in [0.3, 0.4) is 0 Å². The van der Waals surface area contributed by atoms with Gasteiger partial charge in [-0.25, -0.2) is 0 Å². The third-order valence-electron chi connectivity index (χ3n) is 5.63. The lowest BCUT2D eigenvalue weighted by molar-refractivity contribution is -0.137. The number of piperazine rings is 1. The molecule has 0 spiro atoms. The number of hydrogen-bond acceptors (Lipinski definition) is 4. The standard InChI is InChI=1S/C24H23F3N2O2/c1-31-21-8-7-17-12-19(6-5-18(17)13-21)23(30)22-14-28-9-10-29(22)15-16-3-2-4-20(11-16)24(25,26)27/h2-8,11-13,22,28H,9-10,14-15H2,1H3. The van der Waals surface area contributed by atoms with Crippen molar-refractivity contribution in [2.24, 2.45) is 0 Å². The second kappa shape index (κ2) is 8.69. The summed E-state index contributed by atoms with van der Waals surface area (Å²) >= 11 is 0. The van der Waals surface area contributed by atoms with Gasteiger partial charge in [-0.05, 0) is 40.6 Å². The first-order valence-electron chi connectivity index (χ1n) is 10.1. The van der Waals surface area contributed by atoms with E-state index in [1.807, 2.05) is 35.2 Å². The average Bonchev–Trinajstić information content (AvgIpc) is 2.78. The SMILES string of the molecule is COc1ccc2cc(C(=O)C3CNCCN3Cc3cccc(C(F)(F)F)c3)ccc2c1. The maximum Gasteiger partial charge on any atom is 0.416 e. The molecule has 1 fully saturated rings. The van der Waals surface area contributed by atoms with E-state index in [-0.39, 0.29) is 12.3 Å². The van der Waals surface area contributed by atoms with Crippen molar-refractivity contribution >= 4 is 16.6 Å². The molecule has 1 heterocycles. The van der Waals surface area contributed by atoms with Crippen molar-refractivity contribution in [2.75, 3.05) is 26.7 Å². The quantitative estimate of drug-likeness (QED) is 0.607. The summed E-state index contributed by atoms with van der Waals surface area (Å²) in [7, 11) is 1.61. The zero-order chi connectivity index (χ0) is 22.0. The van der Waals surface area contributed by atoms with Gasteiger partial charge in [-0.1, -0.05) is 36.4 Å². The van der Waals surface area contributed by atoms with Crippen LogP contribution in [0.5, 0.6) is 5.75 Å². The van der Waals surface area contributed by atoms with Crippen LogP contribution in [0.4, 0.5) is 13.2 Å². The Morgan fingerprint density at radius 3 is 2.65 bits per heavy atom. The van der Waals surface area contributed by atoms with Crippen molar-refractivity contribution in [3.05, 3.63) is 77.4 Å². The number of fused-ring (bicyclic) bond motifs is 1. The number of ketones is 1. The lowest BCUT2D eigenvalue weighted by atomic mass is 9.97.